The van der Waals surface area contributed by atoms with Crippen LogP contribution in [-0.2, 0) is 9.53 Å². The van der Waals surface area contributed by atoms with Crippen LogP contribution in [-0.4, -0.2) is 41.4 Å². The van der Waals surface area contributed by atoms with Crippen molar-refractivity contribution in [1.29, 1.82) is 0 Å². The fraction of sp³-hybridized carbons (Fsp3) is 0.486. The molecule has 7 heteroatoms. The number of nitrogens with zero attached hydrogens (tertiary/aromatic N) is 2. The number of benzene rings is 2. The molecule has 0 saturated carbocycles. The Hall–Kier alpha value is -3.58. The third kappa shape index (κ3) is 6.41. The van der Waals surface area contributed by atoms with Gasteiger partial charge >= 0.3 is 5.97 Å². The minimum Gasteiger partial charge on any atom is -0.493 e. The Morgan fingerprint density at radius 1 is 1.05 bits per heavy atom. The Balaban J connectivity index is 1.57. The molecule has 0 aliphatic carbocycles. The fourth-order valence-electron chi connectivity index (χ4n) is 6.05. The van der Waals surface area contributed by atoms with Gasteiger partial charge in [0, 0.05) is 47.6 Å². The Bertz CT molecular complexity index is 1430. The number of para-hydroxylation sites is 1. The van der Waals surface area contributed by atoms with Crippen LogP contribution in [0, 0.1) is 19.3 Å². The Kier molecular flexibility index (Phi) is 8.26. The van der Waals surface area contributed by atoms with Crippen molar-refractivity contribution in [2.75, 3.05) is 24.6 Å². The number of anilines is 1. The maximum Gasteiger partial charge on any atom is 0.337 e. The molecule has 1 aromatic heterocycles. The number of aromatic nitrogens is 1. The number of carboxylic acid groups (broad SMARTS) is 1. The topological polar surface area (TPSA) is 81.1 Å². The van der Waals surface area contributed by atoms with Crippen molar-refractivity contribution in [2.45, 2.75) is 85.5 Å². The number of carboxylic acids is 1. The van der Waals surface area contributed by atoms with Gasteiger partial charge in [0.15, 0.2) is 6.10 Å². The van der Waals surface area contributed by atoms with Gasteiger partial charge in [-0.1, -0.05) is 44.2 Å². The number of hydrogen-bond acceptors (Lipinski definition) is 6. The molecule has 0 bridgehead atoms. The lowest BCUT2D eigenvalue weighted by Gasteiger charge is -2.41. The summed E-state index contributed by atoms with van der Waals surface area (Å²) in [6, 6.07) is 16.1. The highest BCUT2D eigenvalue weighted by Crippen LogP contribution is 2.45. The maximum atomic E-state index is 12.7. The Morgan fingerprint density at radius 3 is 2.36 bits per heavy atom. The van der Waals surface area contributed by atoms with Gasteiger partial charge in [-0.25, -0.2) is 4.79 Å². The van der Waals surface area contributed by atoms with Crippen molar-refractivity contribution in [3.63, 3.8) is 0 Å². The van der Waals surface area contributed by atoms with E-state index in [1.165, 1.54) is 0 Å². The molecule has 1 unspecified atom stereocenters. The summed E-state index contributed by atoms with van der Waals surface area (Å²) in [4.78, 5) is 20.0. The van der Waals surface area contributed by atoms with Gasteiger partial charge in [-0.15, -0.1) is 0 Å². The standard InChI is InChI=1S/C35H44N2O5/c1-22-29(24-12-14-25(15-13-24)41-28-16-21-40-27-11-9-8-10-26(27)28)31(37-19-17-35(6,7)18-20-37)30(23(2)36-22)32(33(38)39)42-34(3,4)5/h8-15,28,32H,16-21H2,1-7H3,(H,38,39)/t28?,32-/m0/s1. The first kappa shape index (κ1) is 29.9. The number of ether oxygens (including phenoxy) is 3. The van der Waals surface area contributed by atoms with Crippen LogP contribution < -0.4 is 14.4 Å². The predicted molar refractivity (Wildman–Crippen MR) is 166 cm³/mol. The van der Waals surface area contributed by atoms with Gasteiger partial charge in [0.1, 0.15) is 17.6 Å². The summed E-state index contributed by atoms with van der Waals surface area (Å²) < 4.78 is 18.4. The highest BCUT2D eigenvalue weighted by molar-refractivity contribution is 5.88. The summed E-state index contributed by atoms with van der Waals surface area (Å²) in [5.41, 5.74) is 5.67. The van der Waals surface area contributed by atoms with E-state index in [0.29, 0.717) is 17.9 Å². The molecule has 1 saturated heterocycles. The third-order valence-corrected chi connectivity index (χ3v) is 8.29. The molecule has 2 aliphatic heterocycles. The molecule has 0 amide bonds. The zero-order valence-corrected chi connectivity index (χ0v) is 26.0. The molecule has 3 heterocycles. The normalized spacial score (nSPS) is 19.0. The van der Waals surface area contributed by atoms with E-state index in [0.717, 1.165) is 71.9 Å². The van der Waals surface area contributed by atoms with E-state index < -0.39 is 17.7 Å². The largest absolute Gasteiger partial charge is 0.493 e. The molecule has 0 radical (unpaired) electrons. The van der Waals surface area contributed by atoms with Crippen molar-refractivity contribution in [2.24, 2.45) is 5.41 Å². The zero-order chi connectivity index (χ0) is 30.2. The predicted octanol–water partition coefficient (Wildman–Crippen LogP) is 7.84. The van der Waals surface area contributed by atoms with E-state index in [4.69, 9.17) is 19.2 Å². The van der Waals surface area contributed by atoms with Crippen LogP contribution in [0.4, 0.5) is 5.69 Å². The van der Waals surface area contributed by atoms with Gasteiger partial charge in [0.2, 0.25) is 0 Å². The average Bonchev–Trinajstić information content (AvgIpc) is 2.92. The van der Waals surface area contributed by atoms with Gasteiger partial charge < -0.3 is 24.2 Å². The molecule has 0 spiro atoms. The van der Waals surface area contributed by atoms with Crippen LogP contribution in [0.15, 0.2) is 48.5 Å². The molecule has 2 atom stereocenters. The van der Waals surface area contributed by atoms with Crippen molar-refractivity contribution in [3.05, 3.63) is 71.0 Å². The number of aliphatic carboxylic acids is 1. The van der Waals surface area contributed by atoms with Crippen molar-refractivity contribution < 1.29 is 24.1 Å². The van der Waals surface area contributed by atoms with Crippen molar-refractivity contribution in [3.8, 4) is 22.6 Å². The highest BCUT2D eigenvalue weighted by Gasteiger charge is 2.36. The lowest BCUT2D eigenvalue weighted by Crippen LogP contribution is -2.39. The van der Waals surface area contributed by atoms with Crippen LogP contribution >= 0.6 is 0 Å². The first-order chi connectivity index (χ1) is 19.8. The minimum atomic E-state index is -1.14. The first-order valence-corrected chi connectivity index (χ1v) is 15.0. The lowest BCUT2D eigenvalue weighted by molar-refractivity contribution is -0.160. The van der Waals surface area contributed by atoms with E-state index in [1.807, 2.05) is 65.0 Å². The summed E-state index contributed by atoms with van der Waals surface area (Å²) in [5.74, 6) is 0.641. The summed E-state index contributed by atoms with van der Waals surface area (Å²) in [6.07, 6.45) is 1.60. The van der Waals surface area contributed by atoms with Crippen LogP contribution in [0.25, 0.3) is 11.1 Å². The second-order valence-corrected chi connectivity index (χ2v) is 13.3. The smallest absolute Gasteiger partial charge is 0.337 e. The molecule has 1 N–H and O–H groups in total. The number of aryl methyl sites for hydroxylation is 2. The molecule has 5 rings (SSSR count). The number of piperidine rings is 1. The number of hydrogen-bond donors (Lipinski definition) is 1. The molecule has 42 heavy (non-hydrogen) atoms. The molecule has 2 aromatic carbocycles. The van der Waals surface area contributed by atoms with E-state index in [9.17, 15) is 9.90 Å². The van der Waals surface area contributed by atoms with E-state index in [-0.39, 0.29) is 11.5 Å². The highest BCUT2D eigenvalue weighted by atomic mass is 16.5. The fourth-order valence-corrected chi connectivity index (χ4v) is 6.05. The average molecular weight is 573 g/mol. The Labute approximate surface area is 249 Å². The van der Waals surface area contributed by atoms with Crippen LogP contribution in [0.3, 0.4) is 0 Å². The third-order valence-electron chi connectivity index (χ3n) is 8.29. The molecule has 2 aliphatic rings. The second-order valence-electron chi connectivity index (χ2n) is 13.3. The summed E-state index contributed by atoms with van der Waals surface area (Å²) in [6.45, 7) is 16.5. The van der Waals surface area contributed by atoms with Crippen molar-refractivity contribution >= 4 is 11.7 Å². The second kappa shape index (κ2) is 11.6. The van der Waals surface area contributed by atoms with Crippen molar-refractivity contribution in [1.82, 2.24) is 4.98 Å². The van der Waals surface area contributed by atoms with Gasteiger partial charge in [0.05, 0.1) is 17.9 Å². The van der Waals surface area contributed by atoms with Gasteiger partial charge in [-0.05, 0) is 76.6 Å². The maximum absolute atomic E-state index is 12.7. The van der Waals surface area contributed by atoms with Crippen LogP contribution in [0.1, 0.15) is 88.6 Å². The first-order valence-electron chi connectivity index (χ1n) is 15.0. The summed E-state index contributed by atoms with van der Waals surface area (Å²) in [7, 11) is 0. The SMILES string of the molecule is Cc1nc(C)c([C@H](OC(C)(C)C)C(=O)O)c(N2CCC(C)(C)CC2)c1-c1ccc(OC2CCOc3ccccc32)cc1. The van der Waals surface area contributed by atoms with Gasteiger partial charge in [0.25, 0.3) is 0 Å². The molecular formula is C35H44N2O5. The minimum absolute atomic E-state index is 0.0756. The van der Waals surface area contributed by atoms with E-state index in [1.54, 1.807) is 0 Å². The summed E-state index contributed by atoms with van der Waals surface area (Å²) >= 11 is 0. The lowest BCUT2D eigenvalue weighted by atomic mass is 9.82. The molecule has 7 nitrogen and oxygen atoms in total. The molecule has 224 valence electrons. The number of pyridine rings is 1. The van der Waals surface area contributed by atoms with Crippen LogP contribution in [0.5, 0.6) is 11.5 Å². The summed E-state index contributed by atoms with van der Waals surface area (Å²) in [5, 5.41) is 10.4. The van der Waals surface area contributed by atoms with Crippen LogP contribution in [0.2, 0.25) is 0 Å². The van der Waals surface area contributed by atoms with E-state index >= 15 is 0 Å². The Morgan fingerprint density at radius 2 is 1.71 bits per heavy atom. The monoisotopic (exact) mass is 572 g/mol. The molecule has 1 fully saturated rings. The van der Waals surface area contributed by atoms with E-state index in [2.05, 4.69) is 36.9 Å². The molecular weight excluding hydrogens is 528 g/mol. The number of rotatable bonds is 7. The van der Waals surface area contributed by atoms with Gasteiger partial charge in [-0.2, -0.15) is 0 Å². The molecule has 3 aromatic rings. The number of fused-ring (bicyclic) bond motifs is 1. The number of carbonyl (C=O) groups is 1. The quantitative estimate of drug-likeness (QED) is 0.309. The van der Waals surface area contributed by atoms with Gasteiger partial charge in [-0.3, -0.25) is 4.98 Å². The zero-order valence-electron chi connectivity index (χ0n) is 26.0.